The second-order valence-corrected chi connectivity index (χ2v) is 9.29. The Morgan fingerprint density at radius 2 is 1.69 bits per heavy atom. The molecule has 0 aliphatic heterocycles. The number of ether oxygens (including phenoxy) is 2. The Balaban J connectivity index is 2.17. The molecule has 0 saturated heterocycles. The van der Waals surface area contributed by atoms with E-state index < -0.39 is 60.4 Å². The summed E-state index contributed by atoms with van der Waals surface area (Å²) in [7, 11) is 1.30. The number of aliphatic hydroxyl groups excluding tert-OH is 1. The lowest BCUT2D eigenvalue weighted by Gasteiger charge is -2.28. The number of carboxylic acid groups (broad SMARTS) is 1. The van der Waals surface area contributed by atoms with Crippen LogP contribution in [0.2, 0.25) is 0 Å². The van der Waals surface area contributed by atoms with Gasteiger partial charge in [-0.2, -0.15) is 0 Å². The number of aliphatic hydroxyl groups is 1. The van der Waals surface area contributed by atoms with Gasteiger partial charge in [0.25, 0.3) is 0 Å². The van der Waals surface area contributed by atoms with Crippen LogP contribution in [0.4, 0.5) is 13.2 Å². The second kappa shape index (κ2) is 14.4. The van der Waals surface area contributed by atoms with Crippen molar-refractivity contribution in [3.05, 3.63) is 59.7 Å². The average molecular weight is 555 g/mol. The maximum atomic E-state index is 13.2. The summed E-state index contributed by atoms with van der Waals surface area (Å²) in [5.41, 5.74) is 0.918. The van der Waals surface area contributed by atoms with Gasteiger partial charge in [0.1, 0.15) is 17.5 Å². The molecule has 2 amide bonds. The van der Waals surface area contributed by atoms with Crippen LogP contribution >= 0.6 is 0 Å². The van der Waals surface area contributed by atoms with Crippen LogP contribution in [0.1, 0.15) is 37.8 Å². The zero-order valence-electron chi connectivity index (χ0n) is 21.8. The first-order valence-electron chi connectivity index (χ1n) is 12.2. The molecule has 9 nitrogen and oxygen atoms in total. The molecule has 2 rings (SSSR count). The first kappa shape index (κ1) is 31.4. The highest BCUT2D eigenvalue weighted by Crippen LogP contribution is 2.28. The summed E-state index contributed by atoms with van der Waals surface area (Å²) in [6.07, 6.45) is -6.67. The van der Waals surface area contributed by atoms with E-state index in [1.54, 1.807) is 38.1 Å². The molecule has 0 bridgehead atoms. The van der Waals surface area contributed by atoms with E-state index in [1.165, 1.54) is 13.2 Å². The van der Waals surface area contributed by atoms with E-state index in [0.29, 0.717) is 0 Å². The number of aliphatic carboxylic acids is 1. The molecule has 4 N–H and O–H groups in total. The molecular formula is C27H33F3N2O7. The minimum atomic E-state index is -4.92. The zero-order valence-corrected chi connectivity index (χ0v) is 21.8. The van der Waals surface area contributed by atoms with Crippen LogP contribution in [0.3, 0.4) is 0 Å². The maximum Gasteiger partial charge on any atom is 0.573 e. The third-order valence-corrected chi connectivity index (χ3v) is 5.85. The van der Waals surface area contributed by atoms with Gasteiger partial charge in [-0.05, 0) is 42.5 Å². The third kappa shape index (κ3) is 10.8. The van der Waals surface area contributed by atoms with Crippen molar-refractivity contribution in [3.8, 4) is 11.5 Å². The minimum absolute atomic E-state index is 0.0953. The smallest absolute Gasteiger partial charge is 0.496 e. The van der Waals surface area contributed by atoms with Gasteiger partial charge in [0.2, 0.25) is 11.8 Å². The number of nitrogens with one attached hydrogen (secondary N) is 2. The van der Waals surface area contributed by atoms with Crippen LogP contribution in [0, 0.1) is 5.92 Å². The fraction of sp³-hybridized carbons (Fsp3) is 0.444. The van der Waals surface area contributed by atoms with Crippen LogP contribution in [-0.4, -0.2) is 59.7 Å². The normalized spacial score (nSPS) is 13.7. The van der Waals surface area contributed by atoms with E-state index in [2.05, 4.69) is 15.4 Å². The van der Waals surface area contributed by atoms with Crippen LogP contribution in [0.5, 0.6) is 11.5 Å². The predicted octanol–water partition coefficient (Wildman–Crippen LogP) is 3.23. The third-order valence-electron chi connectivity index (χ3n) is 5.85. The van der Waals surface area contributed by atoms with Gasteiger partial charge in [0.05, 0.1) is 25.7 Å². The summed E-state index contributed by atoms with van der Waals surface area (Å²) < 4.78 is 46.9. The highest BCUT2D eigenvalue weighted by atomic mass is 19.4. The van der Waals surface area contributed by atoms with Gasteiger partial charge in [-0.25, -0.2) is 0 Å². The predicted molar refractivity (Wildman–Crippen MR) is 135 cm³/mol. The molecule has 0 aromatic heterocycles. The molecule has 12 heteroatoms. The Bertz CT molecular complexity index is 1110. The molecule has 3 atom stereocenters. The molecular weight excluding hydrogens is 521 g/mol. The molecule has 0 spiro atoms. The lowest BCUT2D eigenvalue weighted by Crippen LogP contribution is -2.55. The van der Waals surface area contributed by atoms with Crippen LogP contribution in [0.25, 0.3) is 0 Å². The van der Waals surface area contributed by atoms with Crippen molar-refractivity contribution in [2.24, 2.45) is 5.92 Å². The maximum absolute atomic E-state index is 13.2. The highest BCUT2D eigenvalue weighted by molar-refractivity contribution is 5.89. The number of methoxy groups -OCH3 is 1. The van der Waals surface area contributed by atoms with Gasteiger partial charge < -0.3 is 30.3 Å². The van der Waals surface area contributed by atoms with Crippen molar-refractivity contribution in [2.75, 3.05) is 7.11 Å². The van der Waals surface area contributed by atoms with E-state index >= 15 is 0 Å². The Hall–Kier alpha value is -3.80. The van der Waals surface area contributed by atoms with Crippen molar-refractivity contribution in [3.63, 3.8) is 0 Å². The Kier molecular flexibility index (Phi) is 11.6. The molecule has 0 radical (unpaired) electrons. The SMILES string of the molecule is COc1ccc(OC(F)(F)F)cc1CC(=O)N[C@H](C(=O)N[C@@H](Cc1ccccc1)[C@@H](O)CCC(=O)O)C(C)C. The van der Waals surface area contributed by atoms with Crippen molar-refractivity contribution < 1.29 is 47.2 Å². The van der Waals surface area contributed by atoms with E-state index in [-0.39, 0.29) is 30.6 Å². The van der Waals surface area contributed by atoms with Gasteiger partial charge in [0, 0.05) is 12.0 Å². The number of alkyl halides is 3. The van der Waals surface area contributed by atoms with Gasteiger partial charge >= 0.3 is 12.3 Å². The molecule has 2 aromatic carbocycles. The first-order valence-corrected chi connectivity index (χ1v) is 12.2. The van der Waals surface area contributed by atoms with Gasteiger partial charge in [-0.15, -0.1) is 13.2 Å². The van der Waals surface area contributed by atoms with Crippen molar-refractivity contribution >= 4 is 17.8 Å². The molecule has 0 aliphatic carbocycles. The van der Waals surface area contributed by atoms with E-state index in [1.807, 2.05) is 6.07 Å². The van der Waals surface area contributed by atoms with Gasteiger partial charge in [0.15, 0.2) is 0 Å². The van der Waals surface area contributed by atoms with Gasteiger partial charge in [-0.1, -0.05) is 44.2 Å². The number of rotatable bonds is 14. The average Bonchev–Trinajstić information content (AvgIpc) is 2.85. The zero-order chi connectivity index (χ0) is 29.2. The molecule has 0 unspecified atom stereocenters. The van der Waals surface area contributed by atoms with Crippen molar-refractivity contribution in [1.29, 1.82) is 0 Å². The summed E-state index contributed by atoms with van der Waals surface area (Å²) in [4.78, 5) is 37.1. The molecule has 0 saturated carbocycles. The summed E-state index contributed by atoms with van der Waals surface area (Å²) in [5, 5.41) is 25.0. The summed E-state index contributed by atoms with van der Waals surface area (Å²) in [6, 6.07) is 10.4. The lowest BCUT2D eigenvalue weighted by atomic mass is 9.96. The Morgan fingerprint density at radius 1 is 1.03 bits per heavy atom. The molecule has 2 aromatic rings. The van der Waals surface area contributed by atoms with E-state index in [9.17, 15) is 32.7 Å². The van der Waals surface area contributed by atoms with Crippen molar-refractivity contribution in [2.45, 2.75) is 64.1 Å². The Morgan fingerprint density at radius 3 is 2.26 bits per heavy atom. The fourth-order valence-electron chi connectivity index (χ4n) is 3.92. The number of amides is 2. The monoisotopic (exact) mass is 554 g/mol. The number of halogens is 3. The largest absolute Gasteiger partial charge is 0.573 e. The lowest BCUT2D eigenvalue weighted by molar-refractivity contribution is -0.274. The summed E-state index contributed by atoms with van der Waals surface area (Å²) >= 11 is 0. The molecule has 0 aliphatic rings. The highest BCUT2D eigenvalue weighted by Gasteiger charge is 2.32. The minimum Gasteiger partial charge on any atom is -0.496 e. The first-order chi connectivity index (χ1) is 18.3. The standard InChI is InChI=1S/C27H33F3N2O7/c1-16(2)25(32-23(34)15-18-14-19(39-27(28,29)30)9-11-22(18)38-3)26(37)31-20(21(33)10-12-24(35)36)13-17-7-5-4-6-8-17/h4-9,11,14,16,20-21,25,33H,10,12-13,15H2,1-3H3,(H,31,37)(H,32,34)(H,35,36)/t20-,21-,25-/m0/s1. The number of benzene rings is 2. The molecule has 0 fully saturated rings. The van der Waals surface area contributed by atoms with Crippen LogP contribution in [0.15, 0.2) is 48.5 Å². The number of carbonyl (C=O) groups excluding carboxylic acids is 2. The summed E-state index contributed by atoms with van der Waals surface area (Å²) in [5.74, 6) is -3.11. The number of hydrogen-bond acceptors (Lipinski definition) is 6. The molecule has 214 valence electrons. The van der Waals surface area contributed by atoms with Crippen LogP contribution in [-0.2, 0) is 27.2 Å². The van der Waals surface area contributed by atoms with E-state index in [4.69, 9.17) is 9.84 Å². The number of hydrogen-bond donors (Lipinski definition) is 4. The molecule has 0 heterocycles. The number of carbonyl (C=O) groups is 3. The number of carboxylic acids is 1. The Labute approximate surface area is 224 Å². The van der Waals surface area contributed by atoms with Crippen molar-refractivity contribution in [1.82, 2.24) is 10.6 Å². The van der Waals surface area contributed by atoms with Gasteiger partial charge in [-0.3, -0.25) is 14.4 Å². The molecule has 39 heavy (non-hydrogen) atoms. The van der Waals surface area contributed by atoms with E-state index in [0.717, 1.165) is 17.7 Å². The second-order valence-electron chi connectivity index (χ2n) is 9.29. The topological polar surface area (TPSA) is 134 Å². The fourth-order valence-corrected chi connectivity index (χ4v) is 3.92. The summed E-state index contributed by atoms with van der Waals surface area (Å²) in [6.45, 7) is 3.38. The quantitative estimate of drug-likeness (QED) is 0.282. The van der Waals surface area contributed by atoms with Crippen LogP contribution < -0.4 is 20.1 Å².